The Bertz CT molecular complexity index is 1120. The van der Waals surface area contributed by atoms with E-state index in [2.05, 4.69) is 49.4 Å². The second kappa shape index (κ2) is 6.06. The van der Waals surface area contributed by atoms with Gasteiger partial charge in [-0.2, -0.15) is 24.3 Å². The zero-order valence-electron chi connectivity index (χ0n) is 14.1. The van der Waals surface area contributed by atoms with Crippen molar-refractivity contribution in [2.45, 2.75) is 13.3 Å². The van der Waals surface area contributed by atoms with Gasteiger partial charge in [-0.3, -0.25) is 0 Å². The van der Waals surface area contributed by atoms with Crippen LogP contribution in [0.3, 0.4) is 0 Å². The van der Waals surface area contributed by atoms with Gasteiger partial charge in [-0.15, -0.1) is 15.8 Å². The van der Waals surface area contributed by atoms with Crippen molar-refractivity contribution in [3.05, 3.63) is 54.4 Å². The van der Waals surface area contributed by atoms with Crippen LogP contribution in [0.1, 0.15) is 12.7 Å². The molecule has 0 saturated carbocycles. The molecule has 3 aromatic carbocycles. The summed E-state index contributed by atoms with van der Waals surface area (Å²) in [5.74, 6) is 1.000. The smallest absolute Gasteiger partial charge is 0.183 e. The van der Waals surface area contributed by atoms with Crippen molar-refractivity contribution in [2.75, 3.05) is 0 Å². The maximum atomic E-state index is 4.84. The van der Waals surface area contributed by atoms with E-state index in [-0.39, 0.29) is 58.2 Å². The van der Waals surface area contributed by atoms with Gasteiger partial charge in [-0.1, -0.05) is 35.8 Å². The normalized spacial score (nSPS) is 11.6. The minimum atomic E-state index is 0. The molecule has 1 aromatic heterocycles. The summed E-state index contributed by atoms with van der Waals surface area (Å²) in [4.78, 5) is 4.84. The van der Waals surface area contributed by atoms with Gasteiger partial charge >= 0.3 is 64.0 Å². The third-order valence-electron chi connectivity index (χ3n) is 4.73. The van der Waals surface area contributed by atoms with E-state index in [1.54, 1.807) is 0 Å². The molecule has 3 nitrogen and oxygen atoms in total. The number of fused-ring (bicyclic) bond motifs is 5. The standard InChI is InChI=1S/C20H15N3.Rb/c1-3-17-21-16-11-12-7-6-10-14-13-8-4-5-9-15(13)19(18(12)14)20(16)22-23(17)2;/h5-11H,3H2,1-2H3;/q;+1. The first-order chi connectivity index (χ1) is 11.3. The number of hydrogen-bond donors (Lipinski definition) is 0. The Morgan fingerprint density at radius 3 is 2.83 bits per heavy atom. The summed E-state index contributed by atoms with van der Waals surface area (Å²) in [5.41, 5.74) is 6.91. The Balaban J connectivity index is 0.00000146. The van der Waals surface area contributed by atoms with E-state index < -0.39 is 0 Å². The van der Waals surface area contributed by atoms with Crippen molar-refractivity contribution < 1.29 is 62.9 Å². The van der Waals surface area contributed by atoms with E-state index in [9.17, 15) is 0 Å². The quantitative estimate of drug-likeness (QED) is 0.242. The van der Waals surface area contributed by atoms with Crippen LogP contribution in [0, 0.1) is 6.07 Å². The molecule has 0 atom stereocenters. The number of aromatic nitrogens is 3. The molecule has 0 amide bonds. The van der Waals surface area contributed by atoms with Gasteiger partial charge in [-0.05, 0) is 27.4 Å². The van der Waals surface area contributed by atoms with E-state index in [4.69, 9.17) is 10.1 Å². The molecule has 0 bridgehead atoms. The zero-order valence-corrected chi connectivity index (χ0v) is 19.0. The van der Waals surface area contributed by atoms with Crippen LogP contribution < -0.4 is 62.9 Å². The maximum absolute atomic E-state index is 4.84. The Hall–Kier alpha value is -1.00. The predicted molar refractivity (Wildman–Crippen MR) is 90.9 cm³/mol. The third kappa shape index (κ3) is 2.18. The average Bonchev–Trinajstić information content (AvgIpc) is 2.92. The van der Waals surface area contributed by atoms with Crippen LogP contribution in [0.4, 0.5) is 0 Å². The van der Waals surface area contributed by atoms with Gasteiger partial charge in [-0.25, -0.2) is 0 Å². The van der Waals surface area contributed by atoms with Crippen LogP contribution in [-0.2, 0) is 13.5 Å². The third-order valence-corrected chi connectivity index (χ3v) is 4.73. The van der Waals surface area contributed by atoms with Crippen molar-refractivity contribution in [3.63, 3.8) is 0 Å². The van der Waals surface area contributed by atoms with Crippen molar-refractivity contribution in [3.8, 4) is 22.3 Å². The Morgan fingerprint density at radius 1 is 1.12 bits per heavy atom. The fraction of sp³-hybridized carbons (Fsp3) is 0.150. The molecule has 0 saturated heterocycles. The topological polar surface area (TPSA) is 29.7 Å². The molecule has 110 valence electrons. The van der Waals surface area contributed by atoms with Crippen LogP contribution >= 0.6 is 0 Å². The first-order valence-corrected chi connectivity index (χ1v) is 7.91. The molecule has 1 heterocycles. The Labute approximate surface area is 189 Å². The minimum Gasteiger partial charge on any atom is -0.183 e. The van der Waals surface area contributed by atoms with Crippen molar-refractivity contribution in [2.24, 2.45) is 7.05 Å². The van der Waals surface area contributed by atoms with Gasteiger partial charge in [0.1, 0.15) is 7.05 Å². The van der Waals surface area contributed by atoms with E-state index in [1.165, 1.54) is 33.0 Å². The van der Waals surface area contributed by atoms with Crippen LogP contribution in [-0.4, -0.2) is 10.1 Å². The van der Waals surface area contributed by atoms with Gasteiger partial charge in [0.25, 0.3) is 0 Å². The van der Waals surface area contributed by atoms with Gasteiger partial charge in [0.2, 0.25) is 5.52 Å². The average molecular weight is 383 g/mol. The minimum absolute atomic E-state index is 0. The molecule has 0 N–H and O–H groups in total. The van der Waals surface area contributed by atoms with Crippen LogP contribution in [0.25, 0.3) is 44.1 Å². The van der Waals surface area contributed by atoms with E-state index in [0.29, 0.717) is 0 Å². The van der Waals surface area contributed by atoms with Gasteiger partial charge in [0.05, 0.1) is 6.42 Å². The molecule has 0 spiro atoms. The molecule has 0 fully saturated rings. The first kappa shape index (κ1) is 16.5. The molecule has 0 unspecified atom stereocenters. The van der Waals surface area contributed by atoms with Gasteiger partial charge in [0, 0.05) is 0 Å². The number of rotatable bonds is 1. The fourth-order valence-electron chi connectivity index (χ4n) is 3.70. The fourth-order valence-corrected chi connectivity index (χ4v) is 3.70. The second-order valence-electron chi connectivity index (χ2n) is 6.00. The van der Waals surface area contributed by atoms with Crippen LogP contribution in [0.15, 0.2) is 42.5 Å². The second-order valence-corrected chi connectivity index (χ2v) is 6.00. The van der Waals surface area contributed by atoms with Gasteiger partial charge in [0.15, 0.2) is 5.52 Å². The molecule has 0 radical (unpaired) electrons. The Kier molecular flexibility index (Phi) is 4.16. The summed E-state index contributed by atoms with van der Waals surface area (Å²) < 4.78 is 1.90. The monoisotopic (exact) mass is 382 g/mol. The first-order valence-electron chi connectivity index (χ1n) is 7.91. The summed E-state index contributed by atoms with van der Waals surface area (Å²) in [6, 6.07) is 18.0. The Morgan fingerprint density at radius 2 is 2.00 bits per heavy atom. The van der Waals surface area contributed by atoms with E-state index in [1.807, 2.05) is 17.8 Å². The summed E-state index contributed by atoms with van der Waals surface area (Å²) in [6.07, 6.45) is 0.873. The van der Waals surface area contributed by atoms with Gasteiger partial charge < -0.3 is 0 Å². The summed E-state index contributed by atoms with van der Waals surface area (Å²) in [6.45, 7) is 2.11. The predicted octanol–water partition coefficient (Wildman–Crippen LogP) is 0.621. The number of hydrogen-bond acceptors (Lipinski definition) is 2. The molecule has 4 heteroatoms. The van der Waals surface area contributed by atoms with E-state index in [0.717, 1.165) is 23.3 Å². The number of benzene rings is 3. The molecule has 1 aliphatic carbocycles. The zero-order chi connectivity index (χ0) is 15.6. The number of aryl methyl sites for hydroxylation is 2. The summed E-state index contributed by atoms with van der Waals surface area (Å²) >= 11 is 0. The number of nitrogens with zero attached hydrogens (tertiary/aromatic N) is 3. The molecular formula is C20H15N3Rb+. The molecule has 4 aromatic rings. The maximum Gasteiger partial charge on any atom is 1.00 e. The molecule has 5 rings (SSSR count). The van der Waals surface area contributed by atoms with Crippen molar-refractivity contribution >= 4 is 21.8 Å². The van der Waals surface area contributed by atoms with E-state index >= 15 is 0 Å². The molecule has 1 aliphatic rings. The van der Waals surface area contributed by atoms with Crippen LogP contribution in [0.2, 0.25) is 0 Å². The molecule has 24 heavy (non-hydrogen) atoms. The largest absolute Gasteiger partial charge is 1.00 e. The SMILES string of the molecule is CCc1nc2cc3cccc4c3c(c2n[n+]1C)-c1cc[c-]cc1-4.[Rb+]. The van der Waals surface area contributed by atoms with Crippen molar-refractivity contribution in [1.29, 1.82) is 0 Å². The summed E-state index contributed by atoms with van der Waals surface area (Å²) in [7, 11) is 1.97. The molecule has 0 aliphatic heterocycles. The van der Waals surface area contributed by atoms with Crippen LogP contribution in [0.5, 0.6) is 0 Å². The van der Waals surface area contributed by atoms with Crippen molar-refractivity contribution in [1.82, 2.24) is 10.1 Å². The summed E-state index contributed by atoms with van der Waals surface area (Å²) in [5, 5.41) is 7.36. The molecular weight excluding hydrogens is 368 g/mol.